The van der Waals surface area contributed by atoms with Gasteiger partial charge in [-0.05, 0) is 24.6 Å². The molecule has 1 fully saturated rings. The molecule has 2 aromatic heterocycles. The van der Waals surface area contributed by atoms with Gasteiger partial charge in [-0.1, -0.05) is 6.92 Å². The molecule has 0 bridgehead atoms. The van der Waals surface area contributed by atoms with Gasteiger partial charge < -0.3 is 19.8 Å². The number of aromatic nitrogens is 3. The molecule has 0 saturated carbocycles. The monoisotopic (exact) mass is 417 g/mol. The van der Waals surface area contributed by atoms with E-state index < -0.39 is 10.0 Å². The van der Waals surface area contributed by atoms with Gasteiger partial charge in [0.25, 0.3) is 0 Å². The highest BCUT2D eigenvalue weighted by Crippen LogP contribution is 2.31. The standard InChI is InChI=1S/C19H23N5O4S/c1-3-15-14-6-7-20-18(14)23-19(21-15)22-16-5-4-13(12-17(16)27-2)29(25,26)24-8-10-28-11-9-24/h4-7,12H,3,8-11H2,1-2H3,(H2,20,21,22,23). The zero-order valence-electron chi connectivity index (χ0n) is 16.3. The summed E-state index contributed by atoms with van der Waals surface area (Å²) in [6.07, 6.45) is 2.59. The number of benzene rings is 1. The molecule has 0 radical (unpaired) electrons. The molecule has 0 spiro atoms. The number of sulfonamides is 1. The van der Waals surface area contributed by atoms with Crippen LogP contribution in [0.2, 0.25) is 0 Å². The summed E-state index contributed by atoms with van der Waals surface area (Å²) in [7, 11) is -2.11. The Balaban J connectivity index is 1.65. The Morgan fingerprint density at radius 2 is 2.03 bits per heavy atom. The summed E-state index contributed by atoms with van der Waals surface area (Å²) in [5.41, 5.74) is 2.25. The SMILES string of the molecule is CCc1nc(Nc2ccc(S(=O)(=O)N3CCOCC3)cc2OC)nc2[nH]ccc12. The second-order valence-corrected chi connectivity index (χ2v) is 8.53. The molecule has 29 heavy (non-hydrogen) atoms. The quantitative estimate of drug-likeness (QED) is 0.633. The third-order valence-corrected chi connectivity index (χ3v) is 6.75. The van der Waals surface area contributed by atoms with E-state index in [4.69, 9.17) is 9.47 Å². The molecule has 0 atom stereocenters. The van der Waals surface area contributed by atoms with Gasteiger partial charge >= 0.3 is 0 Å². The molecule has 3 heterocycles. The third kappa shape index (κ3) is 3.78. The number of H-pyrrole nitrogens is 1. The Labute approximate surface area is 169 Å². The van der Waals surface area contributed by atoms with Crippen LogP contribution in [0.4, 0.5) is 11.6 Å². The van der Waals surface area contributed by atoms with Crippen LogP contribution in [0, 0.1) is 0 Å². The summed E-state index contributed by atoms with van der Waals surface area (Å²) in [6, 6.07) is 6.69. The minimum Gasteiger partial charge on any atom is -0.495 e. The number of rotatable bonds is 6. The molecule has 1 aliphatic heterocycles. The minimum absolute atomic E-state index is 0.178. The predicted octanol–water partition coefficient (Wildman–Crippen LogP) is 2.29. The number of hydrogen-bond donors (Lipinski definition) is 2. The van der Waals surface area contributed by atoms with Crippen LogP contribution in [0.25, 0.3) is 11.0 Å². The van der Waals surface area contributed by atoms with Gasteiger partial charge in [0.1, 0.15) is 11.4 Å². The van der Waals surface area contributed by atoms with Crippen LogP contribution in [0.3, 0.4) is 0 Å². The van der Waals surface area contributed by atoms with Crippen LogP contribution in [0.1, 0.15) is 12.6 Å². The number of nitrogens with zero attached hydrogens (tertiary/aromatic N) is 3. The summed E-state index contributed by atoms with van der Waals surface area (Å²) in [6.45, 7) is 3.51. The van der Waals surface area contributed by atoms with Crippen LogP contribution in [-0.2, 0) is 21.2 Å². The van der Waals surface area contributed by atoms with Crippen molar-refractivity contribution < 1.29 is 17.9 Å². The molecule has 154 valence electrons. The molecule has 4 rings (SSSR count). The van der Waals surface area contributed by atoms with E-state index in [0.717, 1.165) is 23.1 Å². The van der Waals surface area contributed by atoms with E-state index >= 15 is 0 Å². The van der Waals surface area contributed by atoms with Crippen molar-refractivity contribution in [3.8, 4) is 5.75 Å². The molecule has 3 aromatic rings. The lowest BCUT2D eigenvalue weighted by atomic mass is 10.2. The lowest BCUT2D eigenvalue weighted by Crippen LogP contribution is -2.40. The molecule has 10 heteroatoms. The van der Waals surface area contributed by atoms with Crippen molar-refractivity contribution in [2.45, 2.75) is 18.2 Å². The van der Waals surface area contributed by atoms with Crippen LogP contribution < -0.4 is 10.1 Å². The highest BCUT2D eigenvalue weighted by atomic mass is 32.2. The third-order valence-electron chi connectivity index (χ3n) is 4.86. The number of morpholine rings is 1. The second kappa shape index (κ2) is 7.97. The Morgan fingerprint density at radius 1 is 1.24 bits per heavy atom. The largest absolute Gasteiger partial charge is 0.495 e. The molecule has 0 amide bonds. The summed E-state index contributed by atoms with van der Waals surface area (Å²) >= 11 is 0. The van der Waals surface area contributed by atoms with Crippen molar-refractivity contribution in [3.05, 3.63) is 36.2 Å². The van der Waals surface area contributed by atoms with Crippen LogP contribution in [0.5, 0.6) is 5.75 Å². The van der Waals surface area contributed by atoms with E-state index in [1.165, 1.54) is 17.5 Å². The minimum atomic E-state index is -3.61. The smallest absolute Gasteiger partial charge is 0.243 e. The van der Waals surface area contributed by atoms with Gasteiger partial charge in [-0.25, -0.2) is 13.4 Å². The van der Waals surface area contributed by atoms with Crippen molar-refractivity contribution in [1.82, 2.24) is 19.3 Å². The number of aromatic amines is 1. The second-order valence-electron chi connectivity index (χ2n) is 6.59. The number of nitrogens with one attached hydrogen (secondary N) is 2. The summed E-state index contributed by atoms with van der Waals surface area (Å²) < 4.78 is 37.9. The van der Waals surface area contributed by atoms with Crippen molar-refractivity contribution in [1.29, 1.82) is 0 Å². The van der Waals surface area contributed by atoms with Gasteiger partial charge in [-0.3, -0.25) is 0 Å². The van der Waals surface area contributed by atoms with Gasteiger partial charge in [-0.15, -0.1) is 0 Å². The lowest BCUT2D eigenvalue weighted by molar-refractivity contribution is 0.0730. The number of aryl methyl sites for hydroxylation is 1. The molecule has 1 aliphatic rings. The van der Waals surface area contributed by atoms with E-state index in [0.29, 0.717) is 43.7 Å². The maximum absolute atomic E-state index is 12.9. The first-order chi connectivity index (χ1) is 14.0. The average molecular weight is 417 g/mol. The maximum Gasteiger partial charge on any atom is 0.243 e. The Kier molecular flexibility index (Phi) is 5.39. The summed E-state index contributed by atoms with van der Waals surface area (Å²) in [5, 5.41) is 4.13. The molecule has 2 N–H and O–H groups in total. The fraction of sp³-hybridized carbons (Fsp3) is 0.368. The van der Waals surface area contributed by atoms with E-state index in [2.05, 4.69) is 20.3 Å². The summed E-state index contributed by atoms with van der Waals surface area (Å²) in [4.78, 5) is 12.3. The molecule has 0 aliphatic carbocycles. The molecule has 9 nitrogen and oxygen atoms in total. The zero-order chi connectivity index (χ0) is 20.4. The fourth-order valence-corrected chi connectivity index (χ4v) is 4.75. The van der Waals surface area contributed by atoms with Crippen molar-refractivity contribution >= 4 is 32.7 Å². The van der Waals surface area contributed by atoms with E-state index in [1.54, 1.807) is 12.1 Å². The van der Waals surface area contributed by atoms with Crippen molar-refractivity contribution in [2.75, 3.05) is 38.7 Å². The number of methoxy groups -OCH3 is 1. The average Bonchev–Trinajstić information content (AvgIpc) is 3.22. The molecule has 0 unspecified atom stereocenters. The first-order valence-corrected chi connectivity index (χ1v) is 10.8. The van der Waals surface area contributed by atoms with Gasteiger partial charge in [0.15, 0.2) is 0 Å². The zero-order valence-corrected chi connectivity index (χ0v) is 17.1. The van der Waals surface area contributed by atoms with Crippen molar-refractivity contribution in [3.63, 3.8) is 0 Å². The van der Waals surface area contributed by atoms with E-state index in [1.807, 2.05) is 19.2 Å². The molecule has 1 saturated heterocycles. The Hall–Kier alpha value is -2.69. The van der Waals surface area contributed by atoms with Crippen LogP contribution in [-0.4, -0.2) is 61.1 Å². The molecular weight excluding hydrogens is 394 g/mol. The van der Waals surface area contributed by atoms with E-state index in [9.17, 15) is 8.42 Å². The van der Waals surface area contributed by atoms with Gasteiger partial charge in [0.05, 0.1) is 36.6 Å². The Morgan fingerprint density at radius 3 is 2.76 bits per heavy atom. The van der Waals surface area contributed by atoms with Gasteiger partial charge in [-0.2, -0.15) is 9.29 Å². The highest BCUT2D eigenvalue weighted by molar-refractivity contribution is 7.89. The first kappa shape index (κ1) is 19.6. The number of ether oxygens (including phenoxy) is 2. The molecule has 1 aromatic carbocycles. The number of hydrogen-bond acceptors (Lipinski definition) is 7. The topological polar surface area (TPSA) is 109 Å². The van der Waals surface area contributed by atoms with Crippen molar-refractivity contribution in [2.24, 2.45) is 0 Å². The van der Waals surface area contributed by atoms with Gasteiger partial charge in [0, 0.05) is 30.7 Å². The first-order valence-electron chi connectivity index (χ1n) is 9.40. The van der Waals surface area contributed by atoms with Gasteiger partial charge in [0.2, 0.25) is 16.0 Å². The highest BCUT2D eigenvalue weighted by Gasteiger charge is 2.27. The van der Waals surface area contributed by atoms with E-state index in [-0.39, 0.29) is 4.90 Å². The normalized spacial score (nSPS) is 15.5. The maximum atomic E-state index is 12.9. The number of fused-ring (bicyclic) bond motifs is 1. The van der Waals surface area contributed by atoms with Crippen LogP contribution >= 0.6 is 0 Å². The Bertz CT molecular complexity index is 1120. The number of anilines is 2. The summed E-state index contributed by atoms with van der Waals surface area (Å²) in [5.74, 6) is 0.812. The lowest BCUT2D eigenvalue weighted by Gasteiger charge is -2.26. The predicted molar refractivity (Wildman–Crippen MR) is 109 cm³/mol. The fourth-order valence-electron chi connectivity index (χ4n) is 3.32. The van der Waals surface area contributed by atoms with Crippen LogP contribution in [0.15, 0.2) is 35.4 Å². The molecular formula is C19H23N5O4S.